The van der Waals surface area contributed by atoms with Gasteiger partial charge in [-0.05, 0) is 41.5 Å². The Morgan fingerprint density at radius 2 is 1.88 bits per heavy atom. The third-order valence-corrected chi connectivity index (χ3v) is 5.38. The average Bonchev–Trinajstić information content (AvgIpc) is 3.26. The van der Waals surface area contributed by atoms with Crippen molar-refractivity contribution in [3.05, 3.63) is 35.1 Å². The largest absolute Gasteiger partial charge is 0.369 e. The summed E-state index contributed by atoms with van der Waals surface area (Å²) >= 11 is 6.11. The van der Waals surface area contributed by atoms with Crippen LogP contribution in [0, 0.1) is 0 Å². The van der Waals surface area contributed by atoms with Crippen molar-refractivity contribution in [1.82, 2.24) is 25.1 Å². The lowest BCUT2D eigenvalue weighted by molar-refractivity contribution is 0.236. The van der Waals surface area contributed by atoms with Crippen molar-refractivity contribution < 1.29 is 0 Å². The van der Waals surface area contributed by atoms with E-state index in [0.29, 0.717) is 6.04 Å². The van der Waals surface area contributed by atoms with E-state index in [2.05, 4.69) is 36.1 Å². The standard InChI is InChI=1S/C17H23ClN6/c18-14-4-3-7-16(12-14)23-10-8-22(9-11-23)13-17-19-20-21-24(17)15-5-1-2-6-15/h3-4,7,12,15H,1-2,5-6,8-11,13H2. The van der Waals surface area contributed by atoms with Crippen LogP contribution in [0.15, 0.2) is 24.3 Å². The molecule has 1 aromatic heterocycles. The summed E-state index contributed by atoms with van der Waals surface area (Å²) in [6.07, 6.45) is 5.01. The van der Waals surface area contributed by atoms with E-state index in [1.807, 2.05) is 18.2 Å². The van der Waals surface area contributed by atoms with Crippen molar-refractivity contribution in [2.75, 3.05) is 31.1 Å². The molecule has 1 aliphatic heterocycles. The quantitative estimate of drug-likeness (QED) is 0.852. The molecule has 0 bridgehead atoms. The fraction of sp³-hybridized carbons (Fsp3) is 0.588. The fourth-order valence-corrected chi connectivity index (χ4v) is 3.97. The molecule has 2 fully saturated rings. The van der Waals surface area contributed by atoms with E-state index in [-0.39, 0.29) is 0 Å². The van der Waals surface area contributed by atoms with Crippen LogP contribution in [0.1, 0.15) is 37.5 Å². The lowest BCUT2D eigenvalue weighted by atomic mass is 10.2. The van der Waals surface area contributed by atoms with Crippen LogP contribution in [0.3, 0.4) is 0 Å². The zero-order chi connectivity index (χ0) is 16.4. The first kappa shape index (κ1) is 15.8. The molecule has 1 aromatic carbocycles. The molecule has 2 aromatic rings. The molecule has 0 unspecified atom stereocenters. The Morgan fingerprint density at radius 1 is 1.08 bits per heavy atom. The predicted molar refractivity (Wildman–Crippen MR) is 94.3 cm³/mol. The minimum atomic E-state index is 0.503. The van der Waals surface area contributed by atoms with Gasteiger partial charge in [-0.15, -0.1) is 5.10 Å². The zero-order valence-corrected chi connectivity index (χ0v) is 14.6. The van der Waals surface area contributed by atoms with Gasteiger partial charge in [-0.1, -0.05) is 30.5 Å². The molecule has 1 saturated carbocycles. The number of rotatable bonds is 4. The fourth-order valence-electron chi connectivity index (χ4n) is 3.79. The number of benzene rings is 1. The van der Waals surface area contributed by atoms with Crippen molar-refractivity contribution in [2.45, 2.75) is 38.3 Å². The molecule has 6 nitrogen and oxygen atoms in total. The molecule has 7 heteroatoms. The van der Waals surface area contributed by atoms with Gasteiger partial charge >= 0.3 is 0 Å². The van der Waals surface area contributed by atoms with E-state index in [9.17, 15) is 0 Å². The van der Waals surface area contributed by atoms with Gasteiger partial charge in [0.15, 0.2) is 5.82 Å². The summed E-state index contributed by atoms with van der Waals surface area (Å²) in [6, 6.07) is 8.60. The monoisotopic (exact) mass is 346 g/mol. The van der Waals surface area contributed by atoms with Crippen LogP contribution in [0.4, 0.5) is 5.69 Å². The highest BCUT2D eigenvalue weighted by molar-refractivity contribution is 6.30. The van der Waals surface area contributed by atoms with Crippen LogP contribution < -0.4 is 4.90 Å². The summed E-state index contributed by atoms with van der Waals surface area (Å²) in [6.45, 7) is 4.89. The van der Waals surface area contributed by atoms with Crippen molar-refractivity contribution >= 4 is 17.3 Å². The van der Waals surface area contributed by atoms with Gasteiger partial charge < -0.3 is 4.90 Å². The van der Waals surface area contributed by atoms with Gasteiger partial charge in [0.1, 0.15) is 0 Å². The van der Waals surface area contributed by atoms with Gasteiger partial charge in [0.25, 0.3) is 0 Å². The summed E-state index contributed by atoms with van der Waals surface area (Å²) in [5.74, 6) is 1.01. The predicted octanol–water partition coefficient (Wildman–Crippen LogP) is 2.76. The molecule has 128 valence electrons. The molecule has 24 heavy (non-hydrogen) atoms. The summed E-state index contributed by atoms with van der Waals surface area (Å²) in [7, 11) is 0. The van der Waals surface area contributed by atoms with E-state index in [1.165, 1.54) is 31.4 Å². The minimum absolute atomic E-state index is 0.503. The van der Waals surface area contributed by atoms with E-state index in [1.54, 1.807) is 0 Å². The maximum Gasteiger partial charge on any atom is 0.165 e. The third kappa shape index (κ3) is 3.39. The van der Waals surface area contributed by atoms with Crippen molar-refractivity contribution in [1.29, 1.82) is 0 Å². The number of hydrogen-bond donors (Lipinski definition) is 0. The van der Waals surface area contributed by atoms with Crippen molar-refractivity contribution in [3.63, 3.8) is 0 Å². The summed E-state index contributed by atoms with van der Waals surface area (Å²) in [5.41, 5.74) is 1.21. The SMILES string of the molecule is Clc1cccc(N2CCN(Cc3nnnn3C3CCCC3)CC2)c1. The lowest BCUT2D eigenvalue weighted by Gasteiger charge is -2.36. The molecule has 1 saturated heterocycles. The second kappa shape index (κ2) is 7.07. The van der Waals surface area contributed by atoms with Crippen LogP contribution in [-0.4, -0.2) is 51.3 Å². The van der Waals surface area contributed by atoms with Crippen LogP contribution in [-0.2, 0) is 6.54 Å². The van der Waals surface area contributed by atoms with Gasteiger partial charge in [0, 0.05) is 36.9 Å². The number of hydrogen-bond acceptors (Lipinski definition) is 5. The lowest BCUT2D eigenvalue weighted by Crippen LogP contribution is -2.46. The van der Waals surface area contributed by atoms with E-state index in [0.717, 1.165) is 43.6 Å². The van der Waals surface area contributed by atoms with Gasteiger partial charge in [-0.25, -0.2) is 4.68 Å². The smallest absolute Gasteiger partial charge is 0.165 e. The molecule has 0 amide bonds. The molecule has 0 N–H and O–H groups in total. The third-order valence-electron chi connectivity index (χ3n) is 5.14. The van der Waals surface area contributed by atoms with Crippen LogP contribution in [0.5, 0.6) is 0 Å². The molecule has 2 heterocycles. The van der Waals surface area contributed by atoms with Gasteiger partial charge in [-0.2, -0.15) is 0 Å². The first-order valence-electron chi connectivity index (χ1n) is 8.79. The molecular formula is C17H23ClN6. The molecule has 4 rings (SSSR count). The first-order chi connectivity index (χ1) is 11.8. The minimum Gasteiger partial charge on any atom is -0.369 e. The Kier molecular flexibility index (Phi) is 4.67. The normalized spacial score (nSPS) is 20.0. The highest BCUT2D eigenvalue weighted by atomic mass is 35.5. The Morgan fingerprint density at radius 3 is 2.62 bits per heavy atom. The number of nitrogens with zero attached hydrogens (tertiary/aromatic N) is 6. The maximum absolute atomic E-state index is 6.11. The number of piperazine rings is 1. The van der Waals surface area contributed by atoms with E-state index < -0.39 is 0 Å². The molecule has 0 atom stereocenters. The van der Waals surface area contributed by atoms with Crippen molar-refractivity contribution in [3.8, 4) is 0 Å². The molecule has 0 radical (unpaired) electrons. The Bertz CT molecular complexity index is 673. The first-order valence-corrected chi connectivity index (χ1v) is 9.17. The second-order valence-electron chi connectivity index (χ2n) is 6.72. The van der Waals surface area contributed by atoms with Gasteiger partial charge in [0.05, 0.1) is 12.6 Å². The average molecular weight is 347 g/mol. The molecule has 0 spiro atoms. The van der Waals surface area contributed by atoms with Crippen LogP contribution >= 0.6 is 11.6 Å². The maximum atomic E-state index is 6.11. The highest BCUT2D eigenvalue weighted by Crippen LogP contribution is 2.29. The topological polar surface area (TPSA) is 50.1 Å². The van der Waals surface area contributed by atoms with Crippen LogP contribution in [0.25, 0.3) is 0 Å². The van der Waals surface area contributed by atoms with Crippen molar-refractivity contribution in [2.24, 2.45) is 0 Å². The molecular weight excluding hydrogens is 324 g/mol. The summed E-state index contributed by atoms with van der Waals surface area (Å²) in [5, 5.41) is 13.2. The Hall–Kier alpha value is -1.66. The molecule has 2 aliphatic rings. The number of aromatic nitrogens is 4. The number of anilines is 1. The molecule has 1 aliphatic carbocycles. The summed E-state index contributed by atoms with van der Waals surface area (Å²) < 4.78 is 2.07. The van der Waals surface area contributed by atoms with E-state index >= 15 is 0 Å². The number of halogens is 1. The number of tetrazole rings is 1. The summed E-state index contributed by atoms with van der Waals surface area (Å²) in [4.78, 5) is 4.83. The van der Waals surface area contributed by atoms with Gasteiger partial charge in [-0.3, -0.25) is 4.90 Å². The second-order valence-corrected chi connectivity index (χ2v) is 7.16. The zero-order valence-electron chi connectivity index (χ0n) is 13.8. The van der Waals surface area contributed by atoms with Crippen LogP contribution in [0.2, 0.25) is 5.02 Å². The highest BCUT2D eigenvalue weighted by Gasteiger charge is 2.24. The van der Waals surface area contributed by atoms with Gasteiger partial charge in [0.2, 0.25) is 0 Å². The Labute approximate surface area is 147 Å². The Balaban J connectivity index is 1.36. The van der Waals surface area contributed by atoms with E-state index in [4.69, 9.17) is 11.6 Å².